The summed E-state index contributed by atoms with van der Waals surface area (Å²) in [5.74, 6) is 0.707. The number of ether oxygens (including phenoxy) is 1. The molecule has 0 atom stereocenters. The maximum atomic E-state index is 10.1. The van der Waals surface area contributed by atoms with Gasteiger partial charge in [0, 0.05) is 35.0 Å². The van der Waals surface area contributed by atoms with Crippen molar-refractivity contribution in [3.8, 4) is 22.6 Å². The third-order valence-electron chi connectivity index (χ3n) is 2.93. The van der Waals surface area contributed by atoms with Crippen molar-refractivity contribution in [2.45, 2.75) is 0 Å². The number of H-pyrrole nitrogens is 1. The Morgan fingerprint density at radius 2 is 2.16 bits per heavy atom. The lowest BCUT2D eigenvalue weighted by atomic mass is 10.0. The first-order valence-corrected chi connectivity index (χ1v) is 5.82. The summed E-state index contributed by atoms with van der Waals surface area (Å²) in [6, 6.07) is 8.98. The highest BCUT2D eigenvalue weighted by Crippen LogP contribution is 2.36. The number of fused-ring (bicyclic) bond motifs is 1. The van der Waals surface area contributed by atoms with Crippen molar-refractivity contribution >= 4 is 11.0 Å². The molecule has 4 nitrogen and oxygen atoms in total. The van der Waals surface area contributed by atoms with Crippen LogP contribution in [0.3, 0.4) is 0 Å². The Hall–Kier alpha value is -2.75. The standard InChI is InChI=1S/C15H12N2O2/c1-2-19-10-5-6-11(14(18)8-10)13-9-17-15-12(13)4-3-7-16-15/h2-9,18H,1H2,(H,16,17). The summed E-state index contributed by atoms with van der Waals surface area (Å²) in [6.07, 6.45) is 4.88. The van der Waals surface area contributed by atoms with Gasteiger partial charge in [-0.15, -0.1) is 0 Å². The number of benzene rings is 1. The van der Waals surface area contributed by atoms with Gasteiger partial charge in [-0.3, -0.25) is 0 Å². The minimum absolute atomic E-state index is 0.157. The molecule has 3 rings (SSSR count). The largest absolute Gasteiger partial charge is 0.507 e. The molecule has 0 aliphatic carbocycles. The molecule has 0 bridgehead atoms. The average Bonchev–Trinajstić information content (AvgIpc) is 2.83. The summed E-state index contributed by atoms with van der Waals surface area (Å²) in [5, 5.41) is 11.1. The number of nitrogens with one attached hydrogen (secondary N) is 1. The molecule has 0 amide bonds. The first kappa shape index (κ1) is 11.3. The number of phenolic OH excluding ortho intramolecular Hbond substituents is 1. The van der Waals surface area contributed by atoms with Gasteiger partial charge in [-0.25, -0.2) is 4.98 Å². The Morgan fingerprint density at radius 1 is 1.26 bits per heavy atom. The maximum Gasteiger partial charge on any atom is 0.137 e. The lowest BCUT2D eigenvalue weighted by molar-refractivity contribution is 0.457. The van der Waals surface area contributed by atoms with Crippen LogP contribution in [-0.2, 0) is 0 Å². The molecule has 0 fully saturated rings. The molecule has 19 heavy (non-hydrogen) atoms. The molecule has 2 aromatic heterocycles. The van der Waals surface area contributed by atoms with Crippen LogP contribution in [0.15, 0.2) is 55.6 Å². The van der Waals surface area contributed by atoms with E-state index in [1.165, 1.54) is 6.26 Å². The minimum atomic E-state index is 0.157. The SMILES string of the molecule is C=COc1ccc(-c2c[nH]c3ncccc23)c(O)c1. The Labute approximate surface area is 110 Å². The summed E-state index contributed by atoms with van der Waals surface area (Å²) in [6.45, 7) is 3.48. The zero-order chi connectivity index (χ0) is 13.2. The number of aromatic nitrogens is 2. The highest BCUT2D eigenvalue weighted by Gasteiger charge is 2.11. The first-order valence-electron chi connectivity index (χ1n) is 5.82. The molecule has 94 valence electrons. The third kappa shape index (κ3) is 1.93. The molecule has 0 saturated carbocycles. The number of phenols is 1. The van der Waals surface area contributed by atoms with Gasteiger partial charge in [-0.2, -0.15) is 0 Å². The van der Waals surface area contributed by atoms with Crippen molar-refractivity contribution in [3.05, 3.63) is 55.6 Å². The first-order chi connectivity index (χ1) is 9.29. The van der Waals surface area contributed by atoms with Crippen molar-refractivity contribution in [2.75, 3.05) is 0 Å². The fourth-order valence-corrected chi connectivity index (χ4v) is 2.09. The number of pyridine rings is 1. The second-order valence-corrected chi connectivity index (χ2v) is 4.07. The minimum Gasteiger partial charge on any atom is -0.507 e. The van der Waals surface area contributed by atoms with Gasteiger partial charge in [0.1, 0.15) is 17.1 Å². The molecule has 2 N–H and O–H groups in total. The van der Waals surface area contributed by atoms with E-state index in [0.717, 1.165) is 22.2 Å². The molecule has 0 unspecified atom stereocenters. The number of rotatable bonds is 3. The van der Waals surface area contributed by atoms with E-state index in [9.17, 15) is 5.11 Å². The van der Waals surface area contributed by atoms with E-state index in [1.54, 1.807) is 18.3 Å². The smallest absolute Gasteiger partial charge is 0.137 e. The van der Waals surface area contributed by atoms with Crippen LogP contribution in [0.5, 0.6) is 11.5 Å². The van der Waals surface area contributed by atoms with Gasteiger partial charge in [-0.1, -0.05) is 6.58 Å². The molecule has 0 saturated heterocycles. The lowest BCUT2D eigenvalue weighted by Crippen LogP contribution is -1.83. The van der Waals surface area contributed by atoms with Gasteiger partial charge >= 0.3 is 0 Å². The number of aromatic hydroxyl groups is 1. The van der Waals surface area contributed by atoms with Gasteiger partial charge in [0.15, 0.2) is 0 Å². The topological polar surface area (TPSA) is 58.1 Å². The monoisotopic (exact) mass is 252 g/mol. The zero-order valence-electron chi connectivity index (χ0n) is 10.1. The van der Waals surface area contributed by atoms with Crippen LogP contribution in [0.25, 0.3) is 22.2 Å². The molecule has 1 aromatic carbocycles. The Bertz CT molecular complexity index is 747. The zero-order valence-corrected chi connectivity index (χ0v) is 10.1. The summed E-state index contributed by atoms with van der Waals surface area (Å²) < 4.78 is 5.13. The van der Waals surface area contributed by atoms with Crippen LogP contribution in [0.1, 0.15) is 0 Å². The molecule has 0 spiro atoms. The second kappa shape index (κ2) is 4.49. The van der Waals surface area contributed by atoms with E-state index < -0.39 is 0 Å². The van der Waals surface area contributed by atoms with E-state index in [4.69, 9.17) is 4.74 Å². The van der Waals surface area contributed by atoms with Crippen LogP contribution in [-0.4, -0.2) is 15.1 Å². The number of hydrogen-bond donors (Lipinski definition) is 2. The van der Waals surface area contributed by atoms with Crippen molar-refractivity contribution in [3.63, 3.8) is 0 Å². The summed E-state index contributed by atoms with van der Waals surface area (Å²) in [4.78, 5) is 7.31. The Morgan fingerprint density at radius 3 is 2.95 bits per heavy atom. The molecule has 2 heterocycles. The van der Waals surface area contributed by atoms with Crippen molar-refractivity contribution in [1.29, 1.82) is 0 Å². The molecule has 0 aliphatic heterocycles. The Balaban J connectivity index is 2.14. The van der Waals surface area contributed by atoms with Gasteiger partial charge in [-0.05, 0) is 24.3 Å². The van der Waals surface area contributed by atoms with Crippen molar-refractivity contribution < 1.29 is 9.84 Å². The predicted octanol–water partition coefficient (Wildman–Crippen LogP) is 3.46. The van der Waals surface area contributed by atoms with Crippen LogP contribution >= 0.6 is 0 Å². The average molecular weight is 252 g/mol. The van der Waals surface area contributed by atoms with Gasteiger partial charge in [0.25, 0.3) is 0 Å². The summed E-state index contributed by atoms with van der Waals surface area (Å²) in [5.41, 5.74) is 2.43. The normalized spacial score (nSPS) is 10.5. The van der Waals surface area contributed by atoms with Crippen molar-refractivity contribution in [2.24, 2.45) is 0 Å². The van der Waals surface area contributed by atoms with Gasteiger partial charge in [0.2, 0.25) is 0 Å². The molecule has 4 heteroatoms. The molecular formula is C15H12N2O2. The molecule has 0 radical (unpaired) electrons. The van der Waals surface area contributed by atoms with Gasteiger partial charge in [0.05, 0.1) is 6.26 Å². The quantitative estimate of drug-likeness (QED) is 0.702. The van der Waals surface area contributed by atoms with E-state index in [2.05, 4.69) is 16.5 Å². The fraction of sp³-hybridized carbons (Fsp3) is 0. The van der Waals surface area contributed by atoms with Crippen LogP contribution in [0.4, 0.5) is 0 Å². The molecular weight excluding hydrogens is 240 g/mol. The number of aromatic amines is 1. The number of hydrogen-bond acceptors (Lipinski definition) is 3. The lowest BCUT2D eigenvalue weighted by Gasteiger charge is -2.06. The van der Waals surface area contributed by atoms with E-state index in [1.807, 2.05) is 24.4 Å². The fourth-order valence-electron chi connectivity index (χ4n) is 2.09. The second-order valence-electron chi connectivity index (χ2n) is 4.07. The Kier molecular flexibility index (Phi) is 2.68. The van der Waals surface area contributed by atoms with Crippen LogP contribution in [0.2, 0.25) is 0 Å². The van der Waals surface area contributed by atoms with E-state index in [-0.39, 0.29) is 5.75 Å². The van der Waals surface area contributed by atoms with E-state index in [0.29, 0.717) is 5.75 Å². The maximum absolute atomic E-state index is 10.1. The number of nitrogens with zero attached hydrogens (tertiary/aromatic N) is 1. The summed E-state index contributed by atoms with van der Waals surface area (Å²) in [7, 11) is 0. The van der Waals surface area contributed by atoms with Gasteiger partial charge < -0.3 is 14.8 Å². The van der Waals surface area contributed by atoms with Crippen molar-refractivity contribution in [1.82, 2.24) is 9.97 Å². The predicted molar refractivity (Wildman–Crippen MR) is 74.0 cm³/mol. The van der Waals surface area contributed by atoms with Crippen LogP contribution < -0.4 is 4.74 Å². The third-order valence-corrected chi connectivity index (χ3v) is 2.93. The highest BCUT2D eigenvalue weighted by atomic mass is 16.5. The molecule has 3 aromatic rings. The summed E-state index contributed by atoms with van der Waals surface area (Å²) >= 11 is 0. The molecule has 0 aliphatic rings. The highest BCUT2D eigenvalue weighted by molar-refractivity contribution is 5.95. The van der Waals surface area contributed by atoms with E-state index >= 15 is 0 Å². The van der Waals surface area contributed by atoms with Crippen LogP contribution in [0, 0.1) is 0 Å².